The molecule has 232 valence electrons. The van der Waals surface area contributed by atoms with Gasteiger partial charge in [-0.3, -0.25) is 4.79 Å². The molecule has 4 rings (SSSR count). The largest absolute Gasteiger partial charge is 0.416 e. The van der Waals surface area contributed by atoms with Gasteiger partial charge in [0.2, 0.25) is 0 Å². The van der Waals surface area contributed by atoms with Crippen LogP contribution in [-0.2, 0) is 16.0 Å². The van der Waals surface area contributed by atoms with E-state index in [9.17, 15) is 35.9 Å². The van der Waals surface area contributed by atoms with Crippen molar-refractivity contribution in [3.8, 4) is 0 Å². The van der Waals surface area contributed by atoms with Crippen LogP contribution in [0.15, 0.2) is 22.8 Å². The molecular formula is C24H29F6N7O5. The standard InChI is InChI=1S/C19H20F3N7O4.C5H9F3O/c1-9-16(28-33-27-9)17(30)23-6-15-24-11-4-3-10(5-12(11)25-15)13(8-32-2)29-7-14(19(20,21)22)26-18(29)31;1-4(2,9-3)5(6,7)8/h3-5,13-14H,6-8H2,1-2H3,(H,23,30)(H,24,25)(H,26,31);1-3H3. The number of aromatic amines is 1. The first-order valence-corrected chi connectivity index (χ1v) is 12.3. The Balaban J connectivity index is 0.000000467. The number of methoxy groups -OCH3 is 2. The van der Waals surface area contributed by atoms with E-state index >= 15 is 0 Å². The number of urea groups is 1. The minimum Gasteiger partial charge on any atom is -0.382 e. The number of aromatic nitrogens is 4. The molecule has 3 heterocycles. The van der Waals surface area contributed by atoms with Crippen LogP contribution < -0.4 is 10.6 Å². The molecule has 1 aliphatic heterocycles. The highest BCUT2D eigenvalue weighted by molar-refractivity contribution is 5.92. The first kappa shape index (κ1) is 32.6. The molecule has 1 aromatic carbocycles. The number of hydrogen-bond acceptors (Lipinski definition) is 8. The smallest absolute Gasteiger partial charge is 0.382 e. The van der Waals surface area contributed by atoms with Gasteiger partial charge in [-0.15, -0.1) is 0 Å². The Bertz CT molecular complexity index is 1390. The van der Waals surface area contributed by atoms with E-state index in [1.165, 1.54) is 7.11 Å². The molecule has 0 saturated carbocycles. The predicted molar refractivity (Wildman–Crippen MR) is 133 cm³/mol. The number of rotatable bonds is 8. The van der Waals surface area contributed by atoms with Gasteiger partial charge >= 0.3 is 18.4 Å². The summed E-state index contributed by atoms with van der Waals surface area (Å²) in [6.07, 6.45) is -8.82. The fourth-order valence-corrected chi connectivity index (χ4v) is 3.71. The van der Waals surface area contributed by atoms with Crippen molar-refractivity contribution in [2.75, 3.05) is 27.4 Å². The lowest BCUT2D eigenvalue weighted by Gasteiger charge is -2.27. The van der Waals surface area contributed by atoms with Gasteiger partial charge in [0.25, 0.3) is 5.91 Å². The third-order valence-corrected chi connectivity index (χ3v) is 6.45. The van der Waals surface area contributed by atoms with Crippen molar-refractivity contribution in [3.63, 3.8) is 0 Å². The Morgan fingerprint density at radius 3 is 2.38 bits per heavy atom. The van der Waals surface area contributed by atoms with Crippen LogP contribution in [0, 0.1) is 6.92 Å². The summed E-state index contributed by atoms with van der Waals surface area (Å²) < 4.78 is 88.2. The van der Waals surface area contributed by atoms with Crippen LogP contribution in [0.25, 0.3) is 11.0 Å². The number of imidazole rings is 1. The third kappa shape index (κ3) is 7.47. The normalized spacial score (nSPS) is 16.7. The number of aryl methyl sites for hydroxylation is 1. The van der Waals surface area contributed by atoms with E-state index in [0.29, 0.717) is 28.1 Å². The van der Waals surface area contributed by atoms with Crippen LogP contribution >= 0.6 is 0 Å². The highest BCUT2D eigenvalue weighted by Gasteiger charge is 2.49. The fourth-order valence-electron chi connectivity index (χ4n) is 3.71. The summed E-state index contributed by atoms with van der Waals surface area (Å²) in [6.45, 7) is 3.09. The van der Waals surface area contributed by atoms with Gasteiger partial charge in [-0.05, 0) is 43.6 Å². The van der Waals surface area contributed by atoms with Crippen LogP contribution in [0.1, 0.15) is 47.5 Å². The quantitative estimate of drug-likeness (QED) is 0.327. The minimum absolute atomic E-state index is 0.00560. The van der Waals surface area contributed by atoms with Crippen LogP contribution in [0.5, 0.6) is 0 Å². The number of nitrogens with one attached hydrogen (secondary N) is 3. The molecule has 2 unspecified atom stereocenters. The average Bonchev–Trinajstić information content (AvgIpc) is 3.62. The van der Waals surface area contributed by atoms with E-state index in [0.717, 1.165) is 25.9 Å². The van der Waals surface area contributed by atoms with E-state index in [4.69, 9.17) is 4.74 Å². The molecule has 3 aromatic rings. The molecule has 2 atom stereocenters. The number of hydrogen-bond donors (Lipinski definition) is 3. The monoisotopic (exact) mass is 609 g/mol. The summed E-state index contributed by atoms with van der Waals surface area (Å²) in [7, 11) is 2.44. The Kier molecular flexibility index (Phi) is 9.71. The van der Waals surface area contributed by atoms with Gasteiger partial charge in [-0.2, -0.15) is 26.3 Å². The van der Waals surface area contributed by atoms with E-state index in [-0.39, 0.29) is 18.8 Å². The number of carbonyl (C=O) groups excluding carboxylic acids is 2. The number of alkyl halides is 6. The Labute approximate surface area is 235 Å². The summed E-state index contributed by atoms with van der Waals surface area (Å²) >= 11 is 0. The first-order chi connectivity index (χ1) is 19.5. The summed E-state index contributed by atoms with van der Waals surface area (Å²) in [5, 5.41) is 11.7. The molecule has 0 spiro atoms. The topological polar surface area (TPSA) is 147 Å². The second-order valence-corrected chi connectivity index (χ2v) is 9.72. The molecule has 18 heteroatoms. The molecule has 3 amide bonds. The van der Waals surface area contributed by atoms with Gasteiger partial charge < -0.3 is 30.0 Å². The van der Waals surface area contributed by atoms with Crippen molar-refractivity contribution in [2.45, 2.75) is 57.4 Å². The van der Waals surface area contributed by atoms with Crippen molar-refractivity contribution >= 4 is 23.0 Å². The number of amides is 3. The Morgan fingerprint density at radius 1 is 1.19 bits per heavy atom. The van der Waals surface area contributed by atoms with E-state index in [1.54, 1.807) is 25.1 Å². The number of H-pyrrole nitrogens is 1. The number of fused-ring (bicyclic) bond motifs is 1. The molecular weight excluding hydrogens is 580 g/mol. The van der Waals surface area contributed by atoms with Gasteiger partial charge in [-0.25, -0.2) is 14.4 Å². The zero-order chi connectivity index (χ0) is 31.5. The van der Waals surface area contributed by atoms with E-state index in [2.05, 4.69) is 35.0 Å². The molecule has 0 bridgehead atoms. The first-order valence-electron chi connectivity index (χ1n) is 12.3. The Hall–Kier alpha value is -3.93. The zero-order valence-electron chi connectivity index (χ0n) is 23.1. The SMILES string of the molecule is COC(C)(C)C(F)(F)F.COCC(c1ccc2nc(CNC(=O)c3nonc3C)[nH]c2c1)N1CC(C(F)(F)F)NC1=O. The molecule has 42 heavy (non-hydrogen) atoms. The van der Waals surface area contributed by atoms with Crippen LogP contribution in [0.3, 0.4) is 0 Å². The highest BCUT2D eigenvalue weighted by Crippen LogP contribution is 2.32. The second-order valence-electron chi connectivity index (χ2n) is 9.72. The number of carbonyl (C=O) groups is 2. The van der Waals surface area contributed by atoms with Crippen LogP contribution in [0.2, 0.25) is 0 Å². The lowest BCUT2D eigenvalue weighted by atomic mass is 10.1. The van der Waals surface area contributed by atoms with Gasteiger partial charge in [0.1, 0.15) is 17.6 Å². The summed E-state index contributed by atoms with van der Waals surface area (Å²) in [5.74, 6) is -0.0294. The zero-order valence-corrected chi connectivity index (χ0v) is 23.1. The summed E-state index contributed by atoms with van der Waals surface area (Å²) in [6, 6.07) is 1.55. The predicted octanol–water partition coefficient (Wildman–Crippen LogP) is 3.80. The van der Waals surface area contributed by atoms with Crippen molar-refractivity contribution < 1.29 is 50.0 Å². The van der Waals surface area contributed by atoms with Gasteiger partial charge in [0, 0.05) is 14.2 Å². The molecule has 3 N–H and O–H groups in total. The number of nitrogens with zero attached hydrogens (tertiary/aromatic N) is 4. The van der Waals surface area contributed by atoms with Gasteiger partial charge in [0.15, 0.2) is 11.3 Å². The molecule has 0 aliphatic carbocycles. The van der Waals surface area contributed by atoms with Crippen molar-refractivity contribution in [2.24, 2.45) is 0 Å². The summed E-state index contributed by atoms with van der Waals surface area (Å²) in [4.78, 5) is 32.9. The molecule has 1 fully saturated rings. The molecule has 1 saturated heterocycles. The van der Waals surface area contributed by atoms with Gasteiger partial charge in [0.05, 0.1) is 36.8 Å². The van der Waals surface area contributed by atoms with Crippen LogP contribution in [-0.4, -0.2) is 88.5 Å². The maximum Gasteiger partial charge on any atom is 0.416 e. The third-order valence-electron chi connectivity index (χ3n) is 6.45. The van der Waals surface area contributed by atoms with Crippen LogP contribution in [0.4, 0.5) is 31.1 Å². The van der Waals surface area contributed by atoms with Gasteiger partial charge in [-0.1, -0.05) is 11.2 Å². The van der Waals surface area contributed by atoms with E-state index < -0.39 is 48.5 Å². The fraction of sp³-hybridized carbons (Fsp3) is 0.542. The van der Waals surface area contributed by atoms with Crippen molar-refractivity contribution in [1.29, 1.82) is 0 Å². The second kappa shape index (κ2) is 12.5. The van der Waals surface area contributed by atoms with Crippen molar-refractivity contribution in [1.82, 2.24) is 35.8 Å². The Morgan fingerprint density at radius 2 is 1.88 bits per heavy atom. The molecule has 0 radical (unpaired) electrons. The highest BCUT2D eigenvalue weighted by atomic mass is 19.4. The van der Waals surface area contributed by atoms with E-state index in [1.807, 2.05) is 5.32 Å². The minimum atomic E-state index is -4.55. The molecule has 12 nitrogen and oxygen atoms in total. The average molecular weight is 610 g/mol. The molecule has 1 aliphatic rings. The number of benzene rings is 1. The lowest BCUT2D eigenvalue weighted by molar-refractivity contribution is -0.255. The maximum absolute atomic E-state index is 13.1. The maximum atomic E-state index is 13.1. The van der Waals surface area contributed by atoms with Crippen molar-refractivity contribution in [3.05, 3.63) is 41.0 Å². The number of halogens is 6. The number of ether oxygens (including phenoxy) is 2. The summed E-state index contributed by atoms with van der Waals surface area (Å²) in [5.41, 5.74) is 0.140. The molecule has 2 aromatic heterocycles. The lowest BCUT2D eigenvalue weighted by Crippen LogP contribution is -2.40.